The van der Waals surface area contributed by atoms with Gasteiger partial charge >= 0.3 is 5.97 Å². The molecule has 1 rings (SSSR count). The molecule has 0 radical (unpaired) electrons. The van der Waals surface area contributed by atoms with Crippen LogP contribution in [0.4, 0.5) is 8.78 Å². The van der Waals surface area contributed by atoms with E-state index in [2.05, 4.69) is 15.9 Å². The van der Waals surface area contributed by atoms with Gasteiger partial charge in [-0.15, -0.1) is 0 Å². The highest BCUT2D eigenvalue weighted by Crippen LogP contribution is 2.23. The van der Waals surface area contributed by atoms with E-state index in [1.807, 2.05) is 0 Å². The number of nitrogens with one attached hydrogen (secondary N) is 1. The zero-order valence-electron chi connectivity index (χ0n) is 8.73. The zero-order chi connectivity index (χ0) is 13.9. The Morgan fingerprint density at radius 1 is 1.44 bits per heavy atom. The summed E-state index contributed by atoms with van der Waals surface area (Å²) in [6, 6.07) is 3.30. The van der Waals surface area contributed by atoms with Gasteiger partial charge in [-0.1, -0.05) is 0 Å². The van der Waals surface area contributed by atoms with Crippen molar-refractivity contribution in [1.29, 1.82) is 0 Å². The maximum Gasteiger partial charge on any atom is 0.335 e. The Hall–Kier alpha value is -1.06. The molecule has 0 bridgehead atoms. The summed E-state index contributed by atoms with van der Waals surface area (Å²) < 4.78 is 49.0. The van der Waals surface area contributed by atoms with Gasteiger partial charge in [0.1, 0.15) is 0 Å². The number of halogens is 3. The molecule has 1 aromatic carbocycles. The molecular formula is C9H8BrF2NO4S. The van der Waals surface area contributed by atoms with Crippen LogP contribution < -0.4 is 4.72 Å². The highest BCUT2D eigenvalue weighted by Gasteiger charge is 2.20. The number of benzene rings is 1. The molecule has 0 spiro atoms. The second-order valence-corrected chi connectivity index (χ2v) is 5.78. The van der Waals surface area contributed by atoms with Gasteiger partial charge in [-0.05, 0) is 34.1 Å². The van der Waals surface area contributed by atoms with Crippen LogP contribution in [0.25, 0.3) is 0 Å². The molecular weight excluding hydrogens is 336 g/mol. The Morgan fingerprint density at radius 3 is 2.56 bits per heavy atom. The van der Waals surface area contributed by atoms with Crippen LogP contribution in [0.5, 0.6) is 0 Å². The van der Waals surface area contributed by atoms with Gasteiger partial charge in [0.05, 0.1) is 17.0 Å². The minimum atomic E-state index is -4.18. The molecule has 0 aromatic heterocycles. The first kappa shape index (κ1) is 15.0. The molecule has 0 aliphatic rings. The van der Waals surface area contributed by atoms with Gasteiger partial charge in [-0.2, -0.15) is 0 Å². The number of sulfonamides is 1. The van der Waals surface area contributed by atoms with E-state index in [1.165, 1.54) is 12.1 Å². The van der Waals surface area contributed by atoms with Gasteiger partial charge in [-0.3, -0.25) is 0 Å². The molecule has 0 aliphatic heterocycles. The highest BCUT2D eigenvalue weighted by molar-refractivity contribution is 9.10. The maximum atomic E-state index is 12.0. The van der Waals surface area contributed by atoms with Gasteiger partial charge < -0.3 is 5.11 Å². The first-order valence-electron chi connectivity index (χ1n) is 4.54. The summed E-state index contributed by atoms with van der Waals surface area (Å²) in [5, 5.41) is 8.73. The van der Waals surface area contributed by atoms with Gasteiger partial charge in [0.2, 0.25) is 10.0 Å². The molecule has 18 heavy (non-hydrogen) atoms. The Balaban J connectivity index is 3.15. The quantitative estimate of drug-likeness (QED) is 0.852. The van der Waals surface area contributed by atoms with Gasteiger partial charge in [0.25, 0.3) is 6.43 Å². The number of hydrogen-bond acceptors (Lipinski definition) is 3. The summed E-state index contributed by atoms with van der Waals surface area (Å²) in [5.74, 6) is -1.31. The van der Waals surface area contributed by atoms with Crippen molar-refractivity contribution in [1.82, 2.24) is 4.72 Å². The summed E-state index contributed by atoms with van der Waals surface area (Å²) in [6.45, 7) is -1.04. The van der Waals surface area contributed by atoms with Crippen molar-refractivity contribution >= 4 is 31.9 Å². The fourth-order valence-corrected chi connectivity index (χ4v) is 3.09. The van der Waals surface area contributed by atoms with E-state index >= 15 is 0 Å². The summed E-state index contributed by atoms with van der Waals surface area (Å²) in [5.41, 5.74) is -0.254. The Labute approximate surface area is 110 Å². The van der Waals surface area contributed by atoms with Crippen molar-refractivity contribution in [2.24, 2.45) is 0 Å². The molecule has 0 atom stereocenters. The van der Waals surface area contributed by atoms with E-state index in [-0.39, 0.29) is 10.0 Å². The van der Waals surface area contributed by atoms with Crippen molar-refractivity contribution in [3.63, 3.8) is 0 Å². The number of aromatic carboxylic acids is 1. The third-order valence-corrected chi connectivity index (χ3v) is 4.31. The number of carboxylic acids is 1. The Kier molecular flexibility index (Phi) is 4.77. The molecule has 0 aliphatic carbocycles. The molecule has 0 amide bonds. The number of carbonyl (C=O) groups is 1. The summed E-state index contributed by atoms with van der Waals surface area (Å²) in [4.78, 5) is 10.3. The number of alkyl halides is 2. The van der Waals surface area contributed by atoms with E-state index in [9.17, 15) is 22.0 Å². The van der Waals surface area contributed by atoms with Crippen LogP contribution in [0.3, 0.4) is 0 Å². The van der Waals surface area contributed by atoms with Crippen LogP contribution in [-0.2, 0) is 10.0 Å². The number of rotatable bonds is 5. The topological polar surface area (TPSA) is 83.5 Å². The minimum Gasteiger partial charge on any atom is -0.478 e. The largest absolute Gasteiger partial charge is 0.478 e. The average Bonchev–Trinajstić information content (AvgIpc) is 2.26. The zero-order valence-corrected chi connectivity index (χ0v) is 11.1. The second-order valence-electron chi connectivity index (χ2n) is 3.19. The van der Waals surface area contributed by atoms with Crippen LogP contribution in [0.15, 0.2) is 27.6 Å². The first-order chi connectivity index (χ1) is 8.24. The van der Waals surface area contributed by atoms with E-state index in [4.69, 9.17) is 5.11 Å². The van der Waals surface area contributed by atoms with E-state index < -0.39 is 33.9 Å². The van der Waals surface area contributed by atoms with Crippen molar-refractivity contribution in [2.75, 3.05) is 6.54 Å². The molecule has 100 valence electrons. The SMILES string of the molecule is O=C(O)c1ccc(Br)c(S(=O)(=O)NCC(F)F)c1. The van der Waals surface area contributed by atoms with Gasteiger partial charge in [0, 0.05) is 4.47 Å². The fourth-order valence-electron chi connectivity index (χ4n) is 1.09. The maximum absolute atomic E-state index is 12.0. The summed E-state index contributed by atoms with van der Waals surface area (Å²) >= 11 is 2.92. The predicted molar refractivity (Wildman–Crippen MR) is 62.3 cm³/mol. The third-order valence-electron chi connectivity index (χ3n) is 1.90. The summed E-state index contributed by atoms with van der Waals surface area (Å²) in [7, 11) is -4.18. The molecule has 0 saturated carbocycles. The van der Waals surface area contributed by atoms with Crippen molar-refractivity contribution in [2.45, 2.75) is 11.3 Å². The standard InChI is InChI=1S/C9H8BrF2NO4S/c10-6-2-1-5(9(14)15)3-7(6)18(16,17)13-4-8(11)12/h1-3,8,13H,4H2,(H,14,15). The number of hydrogen-bond donors (Lipinski definition) is 2. The van der Waals surface area contributed by atoms with Crippen LogP contribution in [0, 0.1) is 0 Å². The van der Waals surface area contributed by atoms with Crippen LogP contribution in [0.1, 0.15) is 10.4 Å². The molecule has 0 heterocycles. The Morgan fingerprint density at radius 2 is 2.06 bits per heavy atom. The predicted octanol–water partition coefficient (Wildman–Crippen LogP) is 1.69. The lowest BCUT2D eigenvalue weighted by atomic mass is 10.2. The number of carboxylic acid groups (broad SMARTS) is 1. The first-order valence-corrected chi connectivity index (χ1v) is 6.82. The molecule has 1 aromatic rings. The van der Waals surface area contributed by atoms with E-state index in [1.54, 1.807) is 4.72 Å². The highest BCUT2D eigenvalue weighted by atomic mass is 79.9. The van der Waals surface area contributed by atoms with Gasteiger partial charge in [0.15, 0.2) is 0 Å². The minimum absolute atomic E-state index is 0.0919. The smallest absolute Gasteiger partial charge is 0.335 e. The van der Waals surface area contributed by atoms with Crippen molar-refractivity contribution < 1.29 is 27.1 Å². The van der Waals surface area contributed by atoms with Gasteiger partial charge in [-0.25, -0.2) is 26.7 Å². The normalized spacial score (nSPS) is 11.8. The summed E-state index contributed by atoms with van der Waals surface area (Å²) in [6.07, 6.45) is -2.83. The Bertz CT molecular complexity index is 562. The van der Waals surface area contributed by atoms with Crippen molar-refractivity contribution in [3.05, 3.63) is 28.2 Å². The van der Waals surface area contributed by atoms with E-state index in [0.29, 0.717) is 0 Å². The lowest BCUT2D eigenvalue weighted by Crippen LogP contribution is -2.29. The monoisotopic (exact) mass is 343 g/mol. The van der Waals surface area contributed by atoms with E-state index in [0.717, 1.165) is 6.07 Å². The molecule has 0 fully saturated rings. The fraction of sp³-hybridized carbons (Fsp3) is 0.222. The van der Waals surface area contributed by atoms with Crippen LogP contribution in [-0.4, -0.2) is 32.5 Å². The lowest BCUT2D eigenvalue weighted by molar-refractivity contribution is 0.0696. The lowest BCUT2D eigenvalue weighted by Gasteiger charge is -2.08. The molecule has 0 unspecified atom stereocenters. The van der Waals surface area contributed by atoms with Crippen LogP contribution >= 0.6 is 15.9 Å². The second kappa shape index (κ2) is 5.72. The van der Waals surface area contributed by atoms with Crippen molar-refractivity contribution in [3.8, 4) is 0 Å². The molecule has 9 heteroatoms. The molecule has 0 saturated heterocycles. The third kappa shape index (κ3) is 3.72. The molecule has 5 nitrogen and oxygen atoms in total. The van der Waals surface area contributed by atoms with Crippen LogP contribution in [0.2, 0.25) is 0 Å². The molecule has 2 N–H and O–H groups in total. The average molecular weight is 344 g/mol.